The molecule has 1 aliphatic rings. The summed E-state index contributed by atoms with van der Waals surface area (Å²) in [7, 11) is 0. The van der Waals surface area contributed by atoms with Gasteiger partial charge in [0.05, 0.1) is 6.42 Å². The Balaban J connectivity index is 1.37. The number of carbonyl (C=O) groups excluding carboxylic acids is 2. The molecular formula is C24H24ClFN4O3. The van der Waals surface area contributed by atoms with E-state index in [9.17, 15) is 14.0 Å². The summed E-state index contributed by atoms with van der Waals surface area (Å²) in [5.41, 5.74) is 1.64. The fraction of sp³-hybridized carbons (Fsp3) is 0.333. The van der Waals surface area contributed by atoms with Crippen LogP contribution in [-0.4, -0.2) is 39.9 Å². The Morgan fingerprint density at radius 1 is 1.21 bits per heavy atom. The SMILES string of the molecule is CCC(=O)Nc1cccc(-c2noc(C3CCN(C(=O)Cc4c(F)cccc4Cl)CC3)n2)c1. The minimum atomic E-state index is -0.470. The average Bonchev–Trinajstić information content (AvgIpc) is 3.32. The highest BCUT2D eigenvalue weighted by Crippen LogP contribution is 2.30. The molecule has 2 aromatic carbocycles. The van der Waals surface area contributed by atoms with Gasteiger partial charge < -0.3 is 14.7 Å². The zero-order valence-corrected chi connectivity index (χ0v) is 18.9. The van der Waals surface area contributed by atoms with Crippen molar-refractivity contribution in [2.75, 3.05) is 18.4 Å². The molecule has 1 aliphatic heterocycles. The van der Waals surface area contributed by atoms with Gasteiger partial charge in [-0.3, -0.25) is 9.59 Å². The number of hydrogen-bond acceptors (Lipinski definition) is 5. The Kier molecular flexibility index (Phi) is 7.03. The van der Waals surface area contributed by atoms with Gasteiger partial charge in [0, 0.05) is 47.3 Å². The van der Waals surface area contributed by atoms with E-state index in [-0.39, 0.29) is 34.7 Å². The van der Waals surface area contributed by atoms with Gasteiger partial charge in [-0.1, -0.05) is 41.9 Å². The van der Waals surface area contributed by atoms with Gasteiger partial charge in [-0.05, 0) is 37.1 Å². The molecule has 7 nitrogen and oxygen atoms in total. The van der Waals surface area contributed by atoms with Crippen LogP contribution in [-0.2, 0) is 16.0 Å². The lowest BCUT2D eigenvalue weighted by atomic mass is 9.96. The van der Waals surface area contributed by atoms with Gasteiger partial charge in [0.15, 0.2) is 0 Å². The number of likely N-dealkylation sites (tertiary alicyclic amines) is 1. The molecule has 0 saturated carbocycles. The predicted molar refractivity (Wildman–Crippen MR) is 122 cm³/mol. The molecule has 0 bridgehead atoms. The molecule has 1 aromatic heterocycles. The first kappa shape index (κ1) is 22.9. The van der Waals surface area contributed by atoms with Crippen LogP contribution in [0.3, 0.4) is 0 Å². The van der Waals surface area contributed by atoms with Gasteiger partial charge in [0.25, 0.3) is 0 Å². The normalized spacial score (nSPS) is 14.3. The second-order valence-corrected chi connectivity index (χ2v) is 8.38. The Morgan fingerprint density at radius 2 is 1.97 bits per heavy atom. The molecule has 0 unspecified atom stereocenters. The molecule has 0 atom stereocenters. The molecule has 2 amide bonds. The van der Waals surface area contributed by atoms with Crippen molar-refractivity contribution in [2.24, 2.45) is 0 Å². The maximum Gasteiger partial charge on any atom is 0.230 e. The molecule has 3 aromatic rings. The Labute approximate surface area is 195 Å². The summed E-state index contributed by atoms with van der Waals surface area (Å²) in [6.45, 7) is 2.83. The maximum absolute atomic E-state index is 14.0. The van der Waals surface area contributed by atoms with Crippen molar-refractivity contribution in [3.8, 4) is 11.4 Å². The monoisotopic (exact) mass is 470 g/mol. The van der Waals surface area contributed by atoms with E-state index >= 15 is 0 Å². The third kappa shape index (κ3) is 5.39. The van der Waals surface area contributed by atoms with E-state index < -0.39 is 5.82 Å². The lowest BCUT2D eigenvalue weighted by Gasteiger charge is -2.30. The van der Waals surface area contributed by atoms with E-state index in [0.717, 1.165) is 5.56 Å². The highest BCUT2D eigenvalue weighted by atomic mass is 35.5. The number of halogens is 2. The second-order valence-electron chi connectivity index (χ2n) is 7.97. The average molecular weight is 471 g/mol. The van der Waals surface area contributed by atoms with Crippen LogP contribution in [0.5, 0.6) is 0 Å². The zero-order chi connectivity index (χ0) is 23.4. The molecule has 1 fully saturated rings. The number of hydrogen-bond donors (Lipinski definition) is 1. The summed E-state index contributed by atoms with van der Waals surface area (Å²) in [6.07, 6.45) is 1.67. The minimum absolute atomic E-state index is 0.0373. The first-order valence-electron chi connectivity index (χ1n) is 10.9. The van der Waals surface area contributed by atoms with Crippen molar-refractivity contribution >= 4 is 29.1 Å². The number of nitrogens with zero attached hydrogens (tertiary/aromatic N) is 3. The van der Waals surface area contributed by atoms with Crippen LogP contribution in [0.25, 0.3) is 11.4 Å². The number of carbonyl (C=O) groups is 2. The molecule has 33 heavy (non-hydrogen) atoms. The predicted octanol–water partition coefficient (Wildman–Crippen LogP) is 4.83. The number of benzene rings is 2. The van der Waals surface area contributed by atoms with Crippen LogP contribution in [0.2, 0.25) is 5.02 Å². The smallest absolute Gasteiger partial charge is 0.230 e. The van der Waals surface area contributed by atoms with Crippen LogP contribution < -0.4 is 5.32 Å². The summed E-state index contributed by atoms with van der Waals surface area (Å²) in [5, 5.41) is 7.17. The van der Waals surface area contributed by atoms with Gasteiger partial charge >= 0.3 is 0 Å². The van der Waals surface area contributed by atoms with Crippen molar-refractivity contribution in [2.45, 2.75) is 38.5 Å². The summed E-state index contributed by atoms with van der Waals surface area (Å²) in [4.78, 5) is 30.6. The number of amides is 2. The Hall–Kier alpha value is -3.26. The largest absolute Gasteiger partial charge is 0.342 e. The summed E-state index contributed by atoms with van der Waals surface area (Å²) in [5.74, 6) is 0.317. The number of nitrogens with one attached hydrogen (secondary N) is 1. The number of aromatic nitrogens is 2. The molecule has 1 N–H and O–H groups in total. The van der Waals surface area contributed by atoms with Crippen molar-refractivity contribution in [1.29, 1.82) is 0 Å². The highest BCUT2D eigenvalue weighted by Gasteiger charge is 2.28. The van der Waals surface area contributed by atoms with Crippen LogP contribution in [0.15, 0.2) is 47.0 Å². The quantitative estimate of drug-likeness (QED) is 0.557. The zero-order valence-electron chi connectivity index (χ0n) is 18.2. The van der Waals surface area contributed by atoms with Gasteiger partial charge in [-0.15, -0.1) is 0 Å². The number of rotatable bonds is 6. The molecule has 1 saturated heterocycles. The first-order valence-corrected chi connectivity index (χ1v) is 11.3. The van der Waals surface area contributed by atoms with Crippen molar-refractivity contribution in [1.82, 2.24) is 15.0 Å². The highest BCUT2D eigenvalue weighted by molar-refractivity contribution is 6.31. The van der Waals surface area contributed by atoms with Crippen molar-refractivity contribution in [3.05, 3.63) is 64.8 Å². The summed E-state index contributed by atoms with van der Waals surface area (Å²) >= 11 is 6.05. The molecule has 172 valence electrons. The maximum atomic E-state index is 14.0. The van der Waals surface area contributed by atoms with Gasteiger partial charge in [-0.2, -0.15) is 4.98 Å². The van der Waals surface area contributed by atoms with E-state index in [1.165, 1.54) is 12.1 Å². The third-order valence-electron chi connectivity index (χ3n) is 5.75. The van der Waals surface area contributed by atoms with Crippen LogP contribution in [0, 0.1) is 5.82 Å². The Bertz CT molecular complexity index is 1140. The van der Waals surface area contributed by atoms with Crippen molar-refractivity contribution < 1.29 is 18.5 Å². The lowest BCUT2D eigenvalue weighted by Crippen LogP contribution is -2.39. The minimum Gasteiger partial charge on any atom is -0.342 e. The van der Waals surface area contributed by atoms with Crippen molar-refractivity contribution in [3.63, 3.8) is 0 Å². The molecule has 0 aliphatic carbocycles. The summed E-state index contributed by atoms with van der Waals surface area (Å²) < 4.78 is 19.5. The lowest BCUT2D eigenvalue weighted by molar-refractivity contribution is -0.131. The fourth-order valence-electron chi connectivity index (χ4n) is 3.84. The van der Waals surface area contributed by atoms with Crippen LogP contribution in [0.4, 0.5) is 10.1 Å². The third-order valence-corrected chi connectivity index (χ3v) is 6.11. The van der Waals surface area contributed by atoms with E-state index in [0.29, 0.717) is 49.8 Å². The topological polar surface area (TPSA) is 88.3 Å². The van der Waals surface area contributed by atoms with Gasteiger partial charge in [0.2, 0.25) is 23.5 Å². The first-order chi connectivity index (χ1) is 15.9. The second kappa shape index (κ2) is 10.1. The molecular weight excluding hydrogens is 447 g/mol. The molecule has 0 spiro atoms. The fourth-order valence-corrected chi connectivity index (χ4v) is 4.07. The number of anilines is 1. The van der Waals surface area contributed by atoms with Crippen LogP contribution in [0.1, 0.15) is 43.6 Å². The molecule has 0 radical (unpaired) electrons. The number of piperidine rings is 1. The molecule has 9 heteroatoms. The standard InChI is InChI=1S/C24H24ClFN4O3/c1-2-21(31)27-17-6-3-5-16(13-17)23-28-24(33-29-23)15-9-11-30(12-10-15)22(32)14-18-19(25)7-4-8-20(18)26/h3-8,13,15H,2,9-12,14H2,1H3,(H,27,31). The van der Waals surface area contributed by atoms with E-state index in [2.05, 4.69) is 15.5 Å². The molecule has 2 heterocycles. The van der Waals surface area contributed by atoms with E-state index in [1.54, 1.807) is 30.0 Å². The Morgan fingerprint density at radius 3 is 2.70 bits per heavy atom. The van der Waals surface area contributed by atoms with Gasteiger partial charge in [0.1, 0.15) is 5.82 Å². The van der Waals surface area contributed by atoms with E-state index in [4.69, 9.17) is 16.1 Å². The van der Waals surface area contributed by atoms with E-state index in [1.807, 2.05) is 12.1 Å². The summed E-state index contributed by atoms with van der Waals surface area (Å²) in [6, 6.07) is 11.7. The molecule has 4 rings (SSSR count). The van der Waals surface area contributed by atoms with Gasteiger partial charge in [-0.25, -0.2) is 4.39 Å². The van der Waals surface area contributed by atoms with Crippen LogP contribution >= 0.6 is 11.6 Å².